The summed E-state index contributed by atoms with van der Waals surface area (Å²) in [5.74, 6) is -0.741. The first-order valence-corrected chi connectivity index (χ1v) is 15.4. The third-order valence-electron chi connectivity index (χ3n) is 7.89. The van der Waals surface area contributed by atoms with Gasteiger partial charge in [-0.25, -0.2) is 13.4 Å². The van der Waals surface area contributed by atoms with Gasteiger partial charge >= 0.3 is 0 Å². The van der Waals surface area contributed by atoms with Gasteiger partial charge in [-0.2, -0.15) is 9.57 Å². The summed E-state index contributed by atoms with van der Waals surface area (Å²) >= 11 is 0. The second-order valence-electron chi connectivity index (χ2n) is 10.4. The van der Waals surface area contributed by atoms with Gasteiger partial charge in [-0.1, -0.05) is 12.1 Å². The number of phenolic OH excluding ortho intramolecular Hbond substituents is 1. The number of benzene rings is 3. The molecule has 44 heavy (non-hydrogen) atoms. The molecule has 2 aliphatic heterocycles. The topological polar surface area (TPSA) is 154 Å². The third kappa shape index (κ3) is 4.57. The maximum Gasteiger partial charge on any atom is 0.276 e. The predicted octanol–water partition coefficient (Wildman–Crippen LogP) is 3.84. The van der Waals surface area contributed by atoms with Gasteiger partial charge in [0.05, 0.1) is 36.6 Å². The number of hydrogen-bond acceptors (Lipinski definition) is 10. The Morgan fingerprint density at radius 2 is 1.89 bits per heavy atom. The Labute approximate surface area is 254 Å². The lowest BCUT2D eigenvalue weighted by Gasteiger charge is -2.33. The molecule has 0 radical (unpaired) electrons. The molecule has 1 atom stereocenters. The van der Waals surface area contributed by atoms with Gasteiger partial charge in [0.2, 0.25) is 5.88 Å². The number of phenols is 1. The Bertz CT molecular complexity index is 1900. The van der Waals surface area contributed by atoms with Gasteiger partial charge in [0.1, 0.15) is 16.4 Å². The molecule has 0 bridgehead atoms. The van der Waals surface area contributed by atoms with Crippen LogP contribution in [0.25, 0.3) is 0 Å². The van der Waals surface area contributed by atoms with Crippen LogP contribution in [-0.2, 0) is 20.4 Å². The zero-order valence-corrected chi connectivity index (χ0v) is 24.8. The molecule has 3 aromatic carbocycles. The summed E-state index contributed by atoms with van der Waals surface area (Å²) in [5, 5.41) is 27.2. The van der Waals surface area contributed by atoms with Crippen molar-refractivity contribution >= 4 is 27.3 Å². The number of sulfonamides is 1. The largest absolute Gasteiger partial charge is 0.506 e. The summed E-state index contributed by atoms with van der Waals surface area (Å²) in [6.45, 7) is 3.75. The lowest BCUT2D eigenvalue weighted by molar-refractivity contribution is -0.120. The van der Waals surface area contributed by atoms with Gasteiger partial charge in [0.15, 0.2) is 5.54 Å². The molecule has 1 unspecified atom stereocenters. The van der Waals surface area contributed by atoms with Crippen molar-refractivity contribution < 1.29 is 27.8 Å². The van der Waals surface area contributed by atoms with Crippen LogP contribution in [0, 0.1) is 11.3 Å². The number of carbonyl (C=O) groups excluding carboxylic acids is 1. The van der Waals surface area contributed by atoms with E-state index in [1.807, 2.05) is 24.3 Å². The molecule has 12 heteroatoms. The Morgan fingerprint density at radius 3 is 2.52 bits per heavy atom. The normalized spacial score (nSPS) is 17.8. The number of aromatic nitrogens is 1. The van der Waals surface area contributed by atoms with Crippen molar-refractivity contribution in [3.63, 3.8) is 0 Å². The lowest BCUT2D eigenvalue weighted by atomic mass is 9.83. The number of methoxy groups -OCH3 is 1. The number of amides is 1. The molecule has 0 aliphatic carbocycles. The Hall–Kier alpha value is -5.12. The molecule has 4 aromatic rings. The third-order valence-corrected chi connectivity index (χ3v) is 9.63. The highest BCUT2D eigenvalue weighted by molar-refractivity contribution is 7.93. The molecule has 0 saturated carbocycles. The highest BCUT2D eigenvalue weighted by atomic mass is 32.2. The number of rotatable bonds is 9. The molecule has 1 fully saturated rings. The highest BCUT2D eigenvalue weighted by Crippen LogP contribution is 2.51. The van der Waals surface area contributed by atoms with E-state index in [2.05, 4.69) is 21.7 Å². The number of nitriles is 1. The number of aromatic hydroxyl groups is 1. The summed E-state index contributed by atoms with van der Waals surface area (Å²) in [6.07, 6.45) is 1.51. The first-order valence-electron chi connectivity index (χ1n) is 13.9. The van der Waals surface area contributed by atoms with Gasteiger partial charge in [0.25, 0.3) is 15.9 Å². The molecule has 0 spiro atoms. The number of pyridine rings is 1. The van der Waals surface area contributed by atoms with Crippen LogP contribution < -0.4 is 24.4 Å². The molecule has 11 nitrogen and oxygen atoms in total. The van der Waals surface area contributed by atoms with Crippen molar-refractivity contribution in [3.05, 3.63) is 101 Å². The lowest BCUT2D eigenvalue weighted by Crippen LogP contribution is -2.49. The van der Waals surface area contributed by atoms with Crippen molar-refractivity contribution in [2.24, 2.45) is 0 Å². The van der Waals surface area contributed by atoms with E-state index in [1.165, 1.54) is 43.6 Å². The van der Waals surface area contributed by atoms with E-state index >= 15 is 0 Å². The van der Waals surface area contributed by atoms with Crippen LogP contribution in [-0.4, -0.2) is 51.2 Å². The Balaban J connectivity index is 1.59. The molecule has 3 heterocycles. The van der Waals surface area contributed by atoms with Gasteiger partial charge in [-0.3, -0.25) is 4.79 Å². The molecule has 224 valence electrons. The Kier molecular flexibility index (Phi) is 7.36. The van der Waals surface area contributed by atoms with Crippen LogP contribution >= 0.6 is 0 Å². The first-order chi connectivity index (χ1) is 21.2. The van der Waals surface area contributed by atoms with Crippen molar-refractivity contribution in [1.29, 1.82) is 5.26 Å². The monoisotopic (exact) mass is 611 g/mol. The predicted molar refractivity (Wildman–Crippen MR) is 162 cm³/mol. The molecule has 1 aromatic heterocycles. The number of anilines is 2. The van der Waals surface area contributed by atoms with Crippen molar-refractivity contribution in [1.82, 2.24) is 10.3 Å². The van der Waals surface area contributed by atoms with Crippen LogP contribution in [0.15, 0.2) is 83.9 Å². The molecule has 6 rings (SSSR count). The molecular formula is C32H29N5O6S. The molecular weight excluding hydrogens is 582 g/mol. The number of carbonyl (C=O) groups is 1. The fourth-order valence-corrected chi connectivity index (χ4v) is 7.13. The van der Waals surface area contributed by atoms with Crippen LogP contribution in [0.3, 0.4) is 0 Å². The Morgan fingerprint density at radius 1 is 1.11 bits per heavy atom. The zero-order valence-electron chi connectivity index (χ0n) is 23.9. The number of hydrogen-bond donors (Lipinski definition) is 3. The summed E-state index contributed by atoms with van der Waals surface area (Å²) in [4.78, 5) is 18.8. The fraction of sp³-hybridized carbons (Fsp3) is 0.219. The maximum atomic E-state index is 14.9. The van der Waals surface area contributed by atoms with Gasteiger partial charge in [-0.05, 0) is 67.1 Å². The van der Waals surface area contributed by atoms with Crippen LogP contribution in [0.4, 0.5) is 11.4 Å². The number of nitrogens with one attached hydrogen (secondary N) is 2. The fourth-order valence-electron chi connectivity index (χ4n) is 5.60. The second kappa shape index (κ2) is 11.2. The first kappa shape index (κ1) is 29.0. The molecule has 1 saturated heterocycles. The van der Waals surface area contributed by atoms with E-state index in [0.29, 0.717) is 15.9 Å². The van der Waals surface area contributed by atoms with E-state index in [-0.39, 0.29) is 40.6 Å². The van der Waals surface area contributed by atoms with Crippen LogP contribution in [0.2, 0.25) is 0 Å². The molecule has 3 N–H and O–H groups in total. The van der Waals surface area contributed by atoms with Crippen LogP contribution in [0.5, 0.6) is 17.4 Å². The van der Waals surface area contributed by atoms with Crippen molar-refractivity contribution in [3.8, 4) is 23.4 Å². The van der Waals surface area contributed by atoms with Crippen molar-refractivity contribution in [2.45, 2.75) is 23.3 Å². The summed E-state index contributed by atoms with van der Waals surface area (Å²) in [7, 11) is -3.32. The van der Waals surface area contributed by atoms with E-state index in [9.17, 15) is 23.6 Å². The molecule has 1 amide bonds. The number of ether oxygens (including phenoxy) is 2. The van der Waals surface area contributed by atoms with E-state index in [1.54, 1.807) is 19.1 Å². The summed E-state index contributed by atoms with van der Waals surface area (Å²) < 4.78 is 40.2. The summed E-state index contributed by atoms with van der Waals surface area (Å²) in [6, 6.07) is 21.0. The van der Waals surface area contributed by atoms with Gasteiger partial charge in [0, 0.05) is 42.5 Å². The van der Waals surface area contributed by atoms with E-state index in [4.69, 9.17) is 9.47 Å². The zero-order chi connectivity index (χ0) is 31.1. The smallest absolute Gasteiger partial charge is 0.276 e. The highest BCUT2D eigenvalue weighted by Gasteiger charge is 2.58. The second-order valence-corrected chi connectivity index (χ2v) is 12.1. The van der Waals surface area contributed by atoms with Gasteiger partial charge < -0.3 is 25.2 Å². The van der Waals surface area contributed by atoms with Crippen LogP contribution in [0.1, 0.15) is 35.1 Å². The molecule has 2 aliphatic rings. The maximum absolute atomic E-state index is 14.9. The van der Waals surface area contributed by atoms with Crippen molar-refractivity contribution in [2.75, 3.05) is 36.4 Å². The van der Waals surface area contributed by atoms with E-state index in [0.717, 1.165) is 24.7 Å². The quantitative estimate of drug-likeness (QED) is 0.254. The minimum atomic E-state index is -4.70. The summed E-state index contributed by atoms with van der Waals surface area (Å²) in [5.41, 5.74) is 0.454. The SMILES string of the molecule is CCOc1ncccc1C1(Nc2ccc(C3CNC3)cc2)C(=O)N(S(=O)(=O)c2ccc(OC)cc2O)c2ccc(C#N)cc21. The standard InChI is InChI=1S/C32H29N5O6S/c1-3-43-30-25(5-4-14-35-30)32(36-23-9-7-21(8-10-23)22-18-34-19-22)26-15-20(17-33)6-12-27(26)37(31(32)39)44(40,41)29-13-11-24(42-2)16-28(29)38/h4-16,22,34,36,38H,3,18-19H2,1-2H3. The van der Waals surface area contributed by atoms with E-state index < -0.39 is 32.1 Å². The van der Waals surface area contributed by atoms with Gasteiger partial charge in [-0.15, -0.1) is 0 Å². The number of nitrogens with zero attached hydrogens (tertiary/aromatic N) is 3. The average molecular weight is 612 g/mol. The number of fused-ring (bicyclic) bond motifs is 1. The minimum Gasteiger partial charge on any atom is -0.506 e. The minimum absolute atomic E-state index is 0.0141. The average Bonchev–Trinajstić information content (AvgIpc) is 3.25.